The molecule has 0 saturated carbocycles. The Morgan fingerprint density at radius 3 is 2.71 bits per heavy atom. The molecule has 0 bridgehead atoms. The average molecular weight is 333 g/mol. The smallest absolute Gasteiger partial charge is 0.143 e. The van der Waals surface area contributed by atoms with Crippen molar-refractivity contribution in [2.45, 2.75) is 9.79 Å². The molecule has 17 heavy (non-hydrogen) atoms. The van der Waals surface area contributed by atoms with E-state index in [1.54, 1.807) is 0 Å². The lowest BCUT2D eigenvalue weighted by molar-refractivity contribution is 0.625. The van der Waals surface area contributed by atoms with E-state index in [2.05, 4.69) is 15.9 Å². The first-order chi connectivity index (χ1) is 8.06. The molecule has 1 nitrogen and oxygen atoms in total. The summed E-state index contributed by atoms with van der Waals surface area (Å²) in [4.78, 5) is 1.64. The van der Waals surface area contributed by atoms with Crippen LogP contribution < -0.4 is 5.73 Å². The molecule has 0 aliphatic carbocycles. The molecule has 0 heterocycles. The fraction of sp³-hybridized carbons (Fsp3) is 0. The summed E-state index contributed by atoms with van der Waals surface area (Å²) in [7, 11) is 0. The molecule has 0 aliphatic rings. The number of hydrogen-bond donors (Lipinski definition) is 1. The third-order valence-electron chi connectivity index (χ3n) is 2.08. The number of nitrogens with two attached hydrogens (primary N) is 1. The van der Waals surface area contributed by atoms with Crippen molar-refractivity contribution < 1.29 is 4.39 Å². The molecule has 0 spiro atoms. The number of hydrogen-bond acceptors (Lipinski definition) is 2. The highest BCUT2D eigenvalue weighted by Gasteiger charge is 2.08. The van der Waals surface area contributed by atoms with Gasteiger partial charge in [0.25, 0.3) is 0 Å². The van der Waals surface area contributed by atoms with Crippen LogP contribution in [-0.4, -0.2) is 0 Å². The van der Waals surface area contributed by atoms with E-state index in [-0.39, 0.29) is 5.02 Å². The Hall–Kier alpha value is -0.710. The minimum atomic E-state index is -0.460. The number of anilines is 1. The number of benzene rings is 2. The molecule has 0 radical (unpaired) electrons. The minimum Gasteiger partial charge on any atom is -0.398 e. The summed E-state index contributed by atoms with van der Waals surface area (Å²) in [6, 6.07) is 10.5. The van der Waals surface area contributed by atoms with E-state index in [1.165, 1.54) is 23.9 Å². The topological polar surface area (TPSA) is 26.0 Å². The predicted octanol–water partition coefficient (Wildman–Crippen LogP) is 4.98. The third kappa shape index (κ3) is 3.15. The van der Waals surface area contributed by atoms with Gasteiger partial charge in [0.15, 0.2) is 0 Å². The van der Waals surface area contributed by atoms with Gasteiger partial charge < -0.3 is 5.73 Å². The summed E-state index contributed by atoms with van der Waals surface area (Å²) in [6.07, 6.45) is 0. The minimum absolute atomic E-state index is 0.0427. The van der Waals surface area contributed by atoms with Crippen LogP contribution >= 0.6 is 39.3 Å². The Balaban J connectivity index is 2.33. The summed E-state index contributed by atoms with van der Waals surface area (Å²) >= 11 is 10.4. The third-order valence-corrected chi connectivity index (χ3v) is 3.92. The number of nitrogen functional groups attached to an aromatic ring is 1. The first-order valence-corrected chi connectivity index (χ1v) is 6.73. The lowest BCUT2D eigenvalue weighted by atomic mass is 10.3. The van der Waals surface area contributed by atoms with Gasteiger partial charge in [0, 0.05) is 20.0 Å². The van der Waals surface area contributed by atoms with Crippen LogP contribution in [0, 0.1) is 5.82 Å². The molecule has 2 rings (SSSR count). The van der Waals surface area contributed by atoms with Crippen LogP contribution in [0.1, 0.15) is 0 Å². The van der Waals surface area contributed by atoms with Gasteiger partial charge in [-0.25, -0.2) is 4.39 Å². The van der Waals surface area contributed by atoms with Crippen molar-refractivity contribution in [3.8, 4) is 0 Å². The summed E-state index contributed by atoms with van der Waals surface area (Å²) in [5.74, 6) is -0.460. The molecule has 0 aliphatic heterocycles. The molecular formula is C12H8BrClFNS. The molecule has 5 heteroatoms. The fourth-order valence-electron chi connectivity index (χ4n) is 1.29. The highest BCUT2D eigenvalue weighted by Crippen LogP contribution is 2.35. The second kappa shape index (κ2) is 5.29. The predicted molar refractivity (Wildman–Crippen MR) is 74.1 cm³/mol. The molecule has 2 N–H and O–H groups in total. The van der Waals surface area contributed by atoms with Gasteiger partial charge in [0.05, 0.1) is 5.02 Å². The maximum atomic E-state index is 13.3. The van der Waals surface area contributed by atoms with Gasteiger partial charge in [-0.15, -0.1) is 0 Å². The SMILES string of the molecule is Nc1cc(Cl)c(F)cc1Sc1cccc(Br)c1. The lowest BCUT2D eigenvalue weighted by Crippen LogP contribution is -1.90. The van der Waals surface area contributed by atoms with Gasteiger partial charge in [-0.05, 0) is 30.3 Å². The molecule has 0 aromatic heterocycles. The molecule has 0 fully saturated rings. The summed E-state index contributed by atoms with van der Waals surface area (Å²) in [5.41, 5.74) is 6.27. The second-order valence-electron chi connectivity index (χ2n) is 3.36. The zero-order valence-corrected chi connectivity index (χ0v) is 11.7. The molecule has 2 aromatic carbocycles. The summed E-state index contributed by atoms with van der Waals surface area (Å²) in [6.45, 7) is 0. The highest BCUT2D eigenvalue weighted by atomic mass is 79.9. The normalized spacial score (nSPS) is 10.5. The molecule has 0 atom stereocenters. The van der Waals surface area contributed by atoms with E-state index in [1.807, 2.05) is 24.3 Å². The Morgan fingerprint density at radius 1 is 1.24 bits per heavy atom. The van der Waals surface area contributed by atoms with Gasteiger partial charge in [0.1, 0.15) is 5.82 Å². The van der Waals surface area contributed by atoms with E-state index < -0.39 is 5.82 Å². The Bertz CT molecular complexity index is 562. The van der Waals surface area contributed by atoms with Crippen molar-refractivity contribution in [3.05, 3.63) is 51.7 Å². The van der Waals surface area contributed by atoms with Gasteiger partial charge >= 0.3 is 0 Å². The standard InChI is InChI=1S/C12H8BrClFNS/c13-7-2-1-3-8(4-7)17-12-6-10(15)9(14)5-11(12)16/h1-6H,16H2. The van der Waals surface area contributed by atoms with Crippen molar-refractivity contribution >= 4 is 45.0 Å². The zero-order chi connectivity index (χ0) is 12.4. The molecule has 88 valence electrons. The maximum Gasteiger partial charge on any atom is 0.143 e. The quantitative estimate of drug-likeness (QED) is 0.785. The average Bonchev–Trinajstić information content (AvgIpc) is 2.26. The molecular weight excluding hydrogens is 325 g/mol. The van der Waals surface area contributed by atoms with Crippen molar-refractivity contribution in [2.75, 3.05) is 5.73 Å². The number of halogens is 3. The maximum absolute atomic E-state index is 13.3. The Labute approximate surface area is 116 Å². The van der Waals surface area contributed by atoms with E-state index in [9.17, 15) is 4.39 Å². The second-order valence-corrected chi connectivity index (χ2v) is 5.80. The zero-order valence-electron chi connectivity index (χ0n) is 8.58. The summed E-state index contributed by atoms with van der Waals surface area (Å²) in [5, 5.41) is 0.0427. The molecule has 2 aromatic rings. The fourth-order valence-corrected chi connectivity index (χ4v) is 2.94. The largest absolute Gasteiger partial charge is 0.398 e. The highest BCUT2D eigenvalue weighted by molar-refractivity contribution is 9.10. The van der Waals surface area contributed by atoms with Crippen molar-refractivity contribution in [1.29, 1.82) is 0 Å². The van der Waals surface area contributed by atoms with Crippen LogP contribution in [0.15, 0.2) is 50.7 Å². The van der Waals surface area contributed by atoms with Gasteiger partial charge in [-0.3, -0.25) is 0 Å². The van der Waals surface area contributed by atoms with Crippen LogP contribution in [0.5, 0.6) is 0 Å². The van der Waals surface area contributed by atoms with E-state index >= 15 is 0 Å². The van der Waals surface area contributed by atoms with Crippen LogP contribution in [0.25, 0.3) is 0 Å². The Kier molecular flexibility index (Phi) is 3.97. The monoisotopic (exact) mass is 331 g/mol. The molecule has 0 saturated heterocycles. The van der Waals surface area contributed by atoms with Crippen molar-refractivity contribution in [3.63, 3.8) is 0 Å². The van der Waals surface area contributed by atoms with Gasteiger partial charge in [-0.1, -0.05) is 45.4 Å². The molecule has 0 amide bonds. The van der Waals surface area contributed by atoms with Crippen LogP contribution in [0.2, 0.25) is 5.02 Å². The van der Waals surface area contributed by atoms with E-state index in [0.717, 1.165) is 9.37 Å². The molecule has 0 unspecified atom stereocenters. The number of rotatable bonds is 2. The Morgan fingerprint density at radius 2 is 2.00 bits per heavy atom. The van der Waals surface area contributed by atoms with E-state index in [4.69, 9.17) is 17.3 Å². The van der Waals surface area contributed by atoms with E-state index in [0.29, 0.717) is 10.6 Å². The van der Waals surface area contributed by atoms with Gasteiger partial charge in [0.2, 0.25) is 0 Å². The van der Waals surface area contributed by atoms with Crippen LogP contribution in [-0.2, 0) is 0 Å². The first-order valence-electron chi connectivity index (χ1n) is 4.74. The van der Waals surface area contributed by atoms with Crippen LogP contribution in [0.4, 0.5) is 10.1 Å². The van der Waals surface area contributed by atoms with Crippen LogP contribution in [0.3, 0.4) is 0 Å². The van der Waals surface area contributed by atoms with Crippen molar-refractivity contribution in [2.24, 2.45) is 0 Å². The first kappa shape index (κ1) is 12.7. The summed E-state index contributed by atoms with van der Waals surface area (Å²) < 4.78 is 14.3. The van der Waals surface area contributed by atoms with Gasteiger partial charge in [-0.2, -0.15) is 0 Å². The van der Waals surface area contributed by atoms with Crippen molar-refractivity contribution in [1.82, 2.24) is 0 Å². The lowest BCUT2D eigenvalue weighted by Gasteiger charge is -2.07.